The van der Waals surface area contributed by atoms with Gasteiger partial charge in [-0.1, -0.05) is 74.5 Å². The third kappa shape index (κ3) is 3.99. The van der Waals surface area contributed by atoms with E-state index < -0.39 is 5.54 Å². The zero-order valence-corrected chi connectivity index (χ0v) is 19.5. The first-order valence-corrected chi connectivity index (χ1v) is 12.4. The molecule has 4 bridgehead atoms. The molecule has 2 aromatic rings. The topological polar surface area (TPSA) is 44.4 Å². The second-order valence-corrected chi connectivity index (χ2v) is 10.6. The monoisotopic (exact) mass is 431 g/mol. The number of nitrogens with one attached hydrogen (secondary N) is 2. The van der Waals surface area contributed by atoms with E-state index in [0.717, 1.165) is 44.5 Å². The van der Waals surface area contributed by atoms with E-state index in [4.69, 9.17) is 0 Å². The van der Waals surface area contributed by atoms with Crippen molar-refractivity contribution in [3.05, 3.63) is 71.8 Å². The number of fused-ring (bicyclic) bond motifs is 1. The largest absolute Gasteiger partial charge is 0.350 e. The van der Waals surface area contributed by atoms with Gasteiger partial charge in [0.1, 0.15) is 5.54 Å². The van der Waals surface area contributed by atoms with Gasteiger partial charge in [-0.15, -0.1) is 0 Å². The molecule has 32 heavy (non-hydrogen) atoms. The highest BCUT2D eigenvalue weighted by Crippen LogP contribution is 2.53. The maximum Gasteiger partial charge on any atom is 0.240 e. The average molecular weight is 432 g/mol. The van der Waals surface area contributed by atoms with Gasteiger partial charge in [-0.25, -0.2) is 0 Å². The Bertz CT molecular complexity index is 915. The number of aryl methyl sites for hydroxylation is 1. The lowest BCUT2D eigenvalue weighted by atomic mass is 9.58. The van der Waals surface area contributed by atoms with Crippen molar-refractivity contribution >= 4 is 5.91 Å². The summed E-state index contributed by atoms with van der Waals surface area (Å²) in [6, 6.07) is 21.6. The SMILES string of the molecule is CC(C)CN1CC2CC3(C(=O)NCc4ccccc4)NCC2C1C3CCc1ccccc1. The van der Waals surface area contributed by atoms with Crippen LogP contribution in [0.15, 0.2) is 60.7 Å². The summed E-state index contributed by atoms with van der Waals surface area (Å²) < 4.78 is 0. The van der Waals surface area contributed by atoms with Crippen LogP contribution in [-0.4, -0.2) is 42.0 Å². The molecule has 5 atom stereocenters. The van der Waals surface area contributed by atoms with Crippen LogP contribution in [0.25, 0.3) is 0 Å². The van der Waals surface area contributed by atoms with Crippen LogP contribution < -0.4 is 10.6 Å². The molecule has 0 radical (unpaired) electrons. The van der Waals surface area contributed by atoms with Crippen LogP contribution in [0.3, 0.4) is 0 Å². The molecular formula is C28H37N3O. The lowest BCUT2D eigenvalue weighted by molar-refractivity contribution is -0.139. The van der Waals surface area contributed by atoms with Crippen LogP contribution in [0.2, 0.25) is 0 Å². The smallest absolute Gasteiger partial charge is 0.240 e. The molecule has 3 heterocycles. The van der Waals surface area contributed by atoms with Gasteiger partial charge >= 0.3 is 0 Å². The van der Waals surface area contributed by atoms with Crippen molar-refractivity contribution in [3.63, 3.8) is 0 Å². The Balaban J connectivity index is 1.40. The standard InChI is InChI=1S/C28H37N3O/c1-20(2)18-31-19-23-15-28(27(32)29-16-22-11-7-4-8-12-22)25(26(31)24(23)17-30-28)14-13-21-9-5-3-6-10-21/h3-12,20,23-26,30H,13-19H2,1-2H3,(H,29,32). The van der Waals surface area contributed by atoms with Gasteiger partial charge in [0, 0.05) is 38.1 Å². The van der Waals surface area contributed by atoms with E-state index in [1.807, 2.05) is 18.2 Å². The number of hydrogen-bond acceptors (Lipinski definition) is 3. The summed E-state index contributed by atoms with van der Waals surface area (Å²) in [4.78, 5) is 16.6. The van der Waals surface area contributed by atoms with Crippen LogP contribution in [0.4, 0.5) is 0 Å². The summed E-state index contributed by atoms with van der Waals surface area (Å²) in [6.07, 6.45) is 3.06. The Morgan fingerprint density at radius 3 is 2.47 bits per heavy atom. The molecule has 1 aliphatic carbocycles. The summed E-state index contributed by atoms with van der Waals surface area (Å²) in [5.74, 6) is 2.51. The molecule has 2 aromatic carbocycles. The zero-order chi connectivity index (χ0) is 22.1. The number of amides is 1. The average Bonchev–Trinajstić information content (AvgIpc) is 3.10. The fourth-order valence-electron chi connectivity index (χ4n) is 6.85. The minimum atomic E-state index is -0.445. The maximum atomic E-state index is 13.8. The van der Waals surface area contributed by atoms with Crippen molar-refractivity contribution in [2.75, 3.05) is 19.6 Å². The molecule has 5 unspecified atom stereocenters. The van der Waals surface area contributed by atoms with Crippen LogP contribution in [-0.2, 0) is 17.8 Å². The number of carbonyl (C=O) groups is 1. The minimum Gasteiger partial charge on any atom is -0.350 e. The summed E-state index contributed by atoms with van der Waals surface area (Å²) in [5.41, 5.74) is 2.09. The van der Waals surface area contributed by atoms with Crippen molar-refractivity contribution in [1.29, 1.82) is 0 Å². The number of nitrogens with zero attached hydrogens (tertiary/aromatic N) is 1. The number of hydrogen-bond donors (Lipinski definition) is 2. The Labute approximate surface area is 192 Å². The first kappa shape index (κ1) is 21.7. The van der Waals surface area contributed by atoms with Gasteiger partial charge in [0.2, 0.25) is 5.91 Å². The lowest BCUT2D eigenvalue weighted by Gasteiger charge is -2.56. The lowest BCUT2D eigenvalue weighted by Crippen LogP contribution is -2.74. The van der Waals surface area contributed by atoms with E-state index in [9.17, 15) is 4.79 Å². The summed E-state index contributed by atoms with van der Waals surface area (Å²) in [5, 5.41) is 7.11. The molecule has 3 aliphatic heterocycles. The number of likely N-dealkylation sites (tertiary alicyclic amines) is 1. The normalized spacial score (nSPS) is 31.2. The quantitative estimate of drug-likeness (QED) is 0.667. The molecule has 4 aliphatic rings. The van der Waals surface area contributed by atoms with Crippen LogP contribution in [0, 0.1) is 23.7 Å². The van der Waals surface area contributed by atoms with E-state index in [0.29, 0.717) is 36.3 Å². The summed E-state index contributed by atoms with van der Waals surface area (Å²) >= 11 is 0. The minimum absolute atomic E-state index is 0.207. The van der Waals surface area contributed by atoms with Crippen LogP contribution in [0.1, 0.15) is 37.8 Å². The van der Waals surface area contributed by atoms with E-state index in [-0.39, 0.29) is 5.91 Å². The van der Waals surface area contributed by atoms with Gasteiger partial charge < -0.3 is 10.6 Å². The third-order valence-electron chi connectivity index (χ3n) is 8.11. The molecule has 0 aromatic heterocycles. The molecule has 2 N–H and O–H groups in total. The Kier molecular flexibility index (Phi) is 6.09. The second-order valence-electron chi connectivity index (χ2n) is 10.6. The number of rotatable bonds is 8. The summed E-state index contributed by atoms with van der Waals surface area (Å²) in [6.45, 7) is 8.51. The highest BCUT2D eigenvalue weighted by molar-refractivity contribution is 5.87. The molecule has 4 fully saturated rings. The highest BCUT2D eigenvalue weighted by Gasteiger charge is 2.64. The molecule has 0 spiro atoms. The van der Waals surface area contributed by atoms with Crippen molar-refractivity contribution < 1.29 is 4.79 Å². The fraction of sp³-hybridized carbons (Fsp3) is 0.536. The molecule has 1 saturated carbocycles. The van der Waals surface area contributed by atoms with E-state index in [1.165, 1.54) is 5.56 Å². The molecule has 4 heteroatoms. The molecule has 6 rings (SSSR count). The van der Waals surface area contributed by atoms with Gasteiger partial charge in [-0.3, -0.25) is 9.69 Å². The number of piperidine rings is 2. The first-order chi connectivity index (χ1) is 15.6. The van der Waals surface area contributed by atoms with Crippen molar-refractivity contribution in [2.45, 2.75) is 51.2 Å². The van der Waals surface area contributed by atoms with Crippen LogP contribution in [0.5, 0.6) is 0 Å². The molecule has 4 nitrogen and oxygen atoms in total. The number of carbonyl (C=O) groups excluding carboxylic acids is 1. The van der Waals surface area contributed by atoms with Gasteiger partial charge in [0.05, 0.1) is 0 Å². The van der Waals surface area contributed by atoms with Gasteiger partial charge in [-0.2, -0.15) is 0 Å². The Hall–Kier alpha value is -2.17. The highest BCUT2D eigenvalue weighted by atomic mass is 16.2. The predicted molar refractivity (Wildman–Crippen MR) is 129 cm³/mol. The Morgan fingerprint density at radius 1 is 1.09 bits per heavy atom. The first-order valence-electron chi connectivity index (χ1n) is 12.4. The van der Waals surface area contributed by atoms with Gasteiger partial charge in [-0.05, 0) is 48.1 Å². The molecule has 1 amide bonds. The van der Waals surface area contributed by atoms with Crippen molar-refractivity contribution in [3.8, 4) is 0 Å². The van der Waals surface area contributed by atoms with E-state index >= 15 is 0 Å². The molecule has 3 saturated heterocycles. The van der Waals surface area contributed by atoms with E-state index in [2.05, 4.69) is 71.8 Å². The predicted octanol–water partition coefficient (Wildman–Crippen LogP) is 3.87. The van der Waals surface area contributed by atoms with Crippen molar-refractivity contribution in [2.24, 2.45) is 23.7 Å². The zero-order valence-electron chi connectivity index (χ0n) is 19.5. The third-order valence-corrected chi connectivity index (χ3v) is 8.11. The van der Waals surface area contributed by atoms with E-state index in [1.54, 1.807) is 0 Å². The maximum absolute atomic E-state index is 13.8. The number of benzene rings is 2. The van der Waals surface area contributed by atoms with Crippen LogP contribution >= 0.6 is 0 Å². The summed E-state index contributed by atoms with van der Waals surface area (Å²) in [7, 11) is 0. The molecule has 170 valence electrons. The Morgan fingerprint density at radius 2 is 1.78 bits per heavy atom. The second kappa shape index (κ2) is 8.99. The van der Waals surface area contributed by atoms with Crippen molar-refractivity contribution in [1.82, 2.24) is 15.5 Å². The molecular weight excluding hydrogens is 394 g/mol. The fourth-order valence-corrected chi connectivity index (χ4v) is 6.85. The van der Waals surface area contributed by atoms with Gasteiger partial charge in [0.25, 0.3) is 0 Å². The van der Waals surface area contributed by atoms with Gasteiger partial charge in [0.15, 0.2) is 0 Å².